The number of morpholine rings is 1. The highest BCUT2D eigenvalue weighted by atomic mass is 32.2. The summed E-state index contributed by atoms with van der Waals surface area (Å²) in [4.78, 5) is 17.4. The molecule has 158 valence electrons. The molecule has 10 heteroatoms. The predicted molar refractivity (Wildman–Crippen MR) is 106 cm³/mol. The predicted octanol–water partition coefficient (Wildman–Crippen LogP) is 1.42. The van der Waals surface area contributed by atoms with Gasteiger partial charge >= 0.3 is 0 Å². The summed E-state index contributed by atoms with van der Waals surface area (Å²) < 4.78 is 47.9. The summed E-state index contributed by atoms with van der Waals surface area (Å²) in [7, 11) is -3.59. The number of carbonyl (C=O) groups is 1. The van der Waals surface area contributed by atoms with E-state index in [1.165, 1.54) is 20.7 Å². The van der Waals surface area contributed by atoms with E-state index in [4.69, 9.17) is 4.74 Å². The van der Waals surface area contributed by atoms with Gasteiger partial charge in [0.2, 0.25) is 0 Å². The fourth-order valence-corrected chi connectivity index (χ4v) is 5.74. The number of ether oxygens (including phenoxy) is 1. The lowest BCUT2D eigenvalue weighted by atomic mass is 10.2. The zero-order valence-electron chi connectivity index (χ0n) is 16.5. The molecule has 2 saturated heterocycles. The van der Waals surface area contributed by atoms with E-state index in [1.54, 1.807) is 17.0 Å². The molecule has 2 aromatic rings. The summed E-state index contributed by atoms with van der Waals surface area (Å²) in [6, 6.07) is 5.93. The molecular formula is C19H25FN4O4S. The molecule has 0 aliphatic carbocycles. The average molecular weight is 424 g/mol. The van der Waals surface area contributed by atoms with Gasteiger partial charge in [-0.1, -0.05) is 0 Å². The summed E-state index contributed by atoms with van der Waals surface area (Å²) in [5.74, 6) is -0.576. The van der Waals surface area contributed by atoms with Crippen molar-refractivity contribution in [2.45, 2.75) is 26.1 Å². The van der Waals surface area contributed by atoms with E-state index in [-0.39, 0.29) is 37.0 Å². The highest BCUT2D eigenvalue weighted by Crippen LogP contribution is 2.21. The van der Waals surface area contributed by atoms with E-state index < -0.39 is 10.2 Å². The van der Waals surface area contributed by atoms with Crippen molar-refractivity contribution in [2.75, 3.05) is 39.3 Å². The third kappa shape index (κ3) is 4.02. The Morgan fingerprint density at radius 3 is 2.38 bits per heavy atom. The molecule has 2 unspecified atom stereocenters. The van der Waals surface area contributed by atoms with Crippen LogP contribution in [0.25, 0.3) is 10.9 Å². The number of amides is 1. The van der Waals surface area contributed by atoms with E-state index in [1.807, 2.05) is 13.8 Å². The average Bonchev–Trinajstić information content (AvgIpc) is 3.10. The second-order valence-electron chi connectivity index (χ2n) is 7.69. The number of halogens is 1. The molecule has 2 aliphatic heterocycles. The first kappa shape index (κ1) is 20.3. The lowest BCUT2D eigenvalue weighted by molar-refractivity contribution is -0.0457. The number of rotatable bonds is 3. The van der Waals surface area contributed by atoms with Gasteiger partial charge in [0.25, 0.3) is 16.1 Å². The van der Waals surface area contributed by atoms with Crippen molar-refractivity contribution >= 4 is 27.0 Å². The third-order valence-corrected chi connectivity index (χ3v) is 7.35. The second-order valence-corrected chi connectivity index (χ2v) is 9.62. The molecule has 1 amide bonds. The van der Waals surface area contributed by atoms with Gasteiger partial charge in [0, 0.05) is 50.2 Å². The Kier molecular flexibility index (Phi) is 5.36. The third-order valence-electron chi connectivity index (χ3n) is 5.38. The normalized spacial score (nSPS) is 24.9. The van der Waals surface area contributed by atoms with E-state index in [0.717, 1.165) is 0 Å². The van der Waals surface area contributed by atoms with Crippen LogP contribution in [0.15, 0.2) is 24.3 Å². The van der Waals surface area contributed by atoms with Gasteiger partial charge in [-0.05, 0) is 38.1 Å². The number of aromatic amines is 1. The van der Waals surface area contributed by atoms with Gasteiger partial charge in [0.05, 0.1) is 12.2 Å². The van der Waals surface area contributed by atoms with Crippen LogP contribution >= 0.6 is 0 Å². The van der Waals surface area contributed by atoms with Crippen LogP contribution < -0.4 is 0 Å². The number of benzene rings is 1. The van der Waals surface area contributed by atoms with Crippen LogP contribution in [0, 0.1) is 5.82 Å². The molecule has 29 heavy (non-hydrogen) atoms. The number of fused-ring (bicyclic) bond motifs is 1. The minimum absolute atomic E-state index is 0.150. The van der Waals surface area contributed by atoms with Crippen LogP contribution in [0.2, 0.25) is 0 Å². The second kappa shape index (κ2) is 7.67. The first-order valence-electron chi connectivity index (χ1n) is 9.72. The van der Waals surface area contributed by atoms with E-state index in [9.17, 15) is 17.6 Å². The van der Waals surface area contributed by atoms with Crippen molar-refractivity contribution < 1.29 is 22.3 Å². The van der Waals surface area contributed by atoms with Crippen molar-refractivity contribution in [1.82, 2.24) is 18.5 Å². The van der Waals surface area contributed by atoms with Gasteiger partial charge in [-0.3, -0.25) is 4.79 Å². The zero-order chi connectivity index (χ0) is 20.8. The molecule has 0 spiro atoms. The molecule has 0 radical (unpaired) electrons. The van der Waals surface area contributed by atoms with Crippen LogP contribution in [-0.2, 0) is 14.9 Å². The molecule has 4 rings (SSSR count). The van der Waals surface area contributed by atoms with Crippen molar-refractivity contribution in [3.05, 3.63) is 35.8 Å². The van der Waals surface area contributed by atoms with Crippen LogP contribution in [0.1, 0.15) is 24.3 Å². The SMILES string of the molecule is CC1CN(S(=O)(=O)N2CCN(C(=O)c3cc4cc(F)ccc4[nH]3)CC2)CC(C)O1. The number of nitrogens with zero attached hydrogens (tertiary/aromatic N) is 3. The van der Waals surface area contributed by atoms with Gasteiger partial charge in [-0.25, -0.2) is 4.39 Å². The molecule has 3 heterocycles. The summed E-state index contributed by atoms with van der Waals surface area (Å²) in [5, 5.41) is 0.630. The van der Waals surface area contributed by atoms with Crippen molar-refractivity contribution in [1.29, 1.82) is 0 Å². The number of nitrogens with one attached hydrogen (secondary N) is 1. The molecule has 1 aromatic heterocycles. The topological polar surface area (TPSA) is 86.0 Å². The van der Waals surface area contributed by atoms with Crippen molar-refractivity contribution in [3.63, 3.8) is 0 Å². The minimum Gasteiger partial charge on any atom is -0.373 e. The van der Waals surface area contributed by atoms with Crippen LogP contribution in [0.3, 0.4) is 0 Å². The van der Waals surface area contributed by atoms with Gasteiger partial charge in [0.1, 0.15) is 11.5 Å². The number of carbonyl (C=O) groups excluding carboxylic acids is 1. The molecule has 2 aliphatic rings. The molecule has 8 nitrogen and oxygen atoms in total. The minimum atomic E-state index is -3.59. The Balaban J connectivity index is 1.42. The van der Waals surface area contributed by atoms with Gasteiger partial charge in [-0.15, -0.1) is 0 Å². The molecule has 2 atom stereocenters. The first-order valence-corrected chi connectivity index (χ1v) is 11.1. The molecule has 0 saturated carbocycles. The lowest BCUT2D eigenvalue weighted by Gasteiger charge is -2.40. The smallest absolute Gasteiger partial charge is 0.282 e. The zero-order valence-corrected chi connectivity index (χ0v) is 17.3. The fraction of sp³-hybridized carbons (Fsp3) is 0.526. The maximum absolute atomic E-state index is 13.4. The highest BCUT2D eigenvalue weighted by molar-refractivity contribution is 7.86. The quantitative estimate of drug-likeness (QED) is 0.808. The summed E-state index contributed by atoms with van der Waals surface area (Å²) in [6.45, 7) is 5.47. The molecule has 2 fully saturated rings. The van der Waals surface area contributed by atoms with E-state index in [2.05, 4.69) is 4.98 Å². The Labute approximate surface area is 169 Å². The van der Waals surface area contributed by atoms with Gasteiger partial charge < -0.3 is 14.6 Å². The molecule has 1 aromatic carbocycles. The van der Waals surface area contributed by atoms with E-state index >= 15 is 0 Å². The number of aromatic nitrogens is 1. The molecular weight excluding hydrogens is 399 g/mol. The van der Waals surface area contributed by atoms with Crippen LogP contribution in [0.5, 0.6) is 0 Å². The Hall–Kier alpha value is -2.01. The summed E-state index contributed by atoms with van der Waals surface area (Å²) in [5.41, 5.74) is 1.06. The number of H-pyrrole nitrogens is 1. The maximum atomic E-state index is 13.4. The number of piperazine rings is 1. The fourth-order valence-electron chi connectivity index (χ4n) is 3.99. The lowest BCUT2D eigenvalue weighted by Crippen LogP contribution is -2.57. The van der Waals surface area contributed by atoms with Crippen LogP contribution in [0.4, 0.5) is 4.39 Å². The number of hydrogen-bond acceptors (Lipinski definition) is 4. The Morgan fingerprint density at radius 2 is 1.72 bits per heavy atom. The highest BCUT2D eigenvalue weighted by Gasteiger charge is 2.37. The first-order chi connectivity index (χ1) is 13.7. The standard InChI is InChI=1S/C19H25FN4O4S/c1-13-11-24(12-14(2)28-13)29(26,27)23-7-5-22(6-8-23)19(25)18-10-15-9-16(20)3-4-17(15)21-18/h3-4,9-10,13-14,21H,5-8,11-12H2,1-2H3. The van der Waals surface area contributed by atoms with Crippen molar-refractivity contribution in [2.24, 2.45) is 0 Å². The maximum Gasteiger partial charge on any atom is 0.282 e. The van der Waals surface area contributed by atoms with E-state index in [0.29, 0.717) is 42.8 Å². The molecule has 1 N–H and O–H groups in total. The van der Waals surface area contributed by atoms with Crippen molar-refractivity contribution in [3.8, 4) is 0 Å². The summed E-state index contributed by atoms with van der Waals surface area (Å²) >= 11 is 0. The summed E-state index contributed by atoms with van der Waals surface area (Å²) in [6.07, 6.45) is -0.300. The monoisotopic (exact) mass is 424 g/mol. The van der Waals surface area contributed by atoms with Gasteiger partial charge in [0.15, 0.2) is 0 Å². The largest absolute Gasteiger partial charge is 0.373 e. The molecule has 0 bridgehead atoms. The van der Waals surface area contributed by atoms with Gasteiger partial charge in [-0.2, -0.15) is 17.0 Å². The Bertz CT molecular complexity index is 1010. The Morgan fingerprint density at radius 1 is 1.07 bits per heavy atom. The van der Waals surface area contributed by atoms with Crippen LogP contribution in [-0.4, -0.2) is 84.3 Å². The number of hydrogen-bond donors (Lipinski definition) is 1.